The molecule has 6 heteroatoms. The van der Waals surface area contributed by atoms with Gasteiger partial charge >= 0.3 is 0 Å². The van der Waals surface area contributed by atoms with E-state index >= 15 is 0 Å². The molecule has 1 aliphatic rings. The summed E-state index contributed by atoms with van der Waals surface area (Å²) in [6.45, 7) is 5.15. The van der Waals surface area contributed by atoms with Crippen LogP contribution in [0, 0.1) is 0 Å². The van der Waals surface area contributed by atoms with Crippen LogP contribution in [0.1, 0.15) is 30.6 Å². The van der Waals surface area contributed by atoms with Gasteiger partial charge in [-0.25, -0.2) is 0 Å². The van der Waals surface area contributed by atoms with Crippen molar-refractivity contribution in [2.45, 2.75) is 38.5 Å². The van der Waals surface area contributed by atoms with Gasteiger partial charge in [-0.15, -0.1) is 0 Å². The Balaban J connectivity index is 1.30. The second kappa shape index (κ2) is 11.5. The first-order chi connectivity index (χ1) is 13.8. The summed E-state index contributed by atoms with van der Waals surface area (Å²) in [5.74, 6) is 1.72. The van der Waals surface area contributed by atoms with Crippen molar-refractivity contribution in [2.75, 3.05) is 33.3 Å². The lowest BCUT2D eigenvalue weighted by molar-refractivity contribution is 0.105. The van der Waals surface area contributed by atoms with Crippen LogP contribution in [0.3, 0.4) is 0 Å². The molecule has 1 fully saturated rings. The summed E-state index contributed by atoms with van der Waals surface area (Å²) >= 11 is 0. The third kappa shape index (κ3) is 6.69. The van der Waals surface area contributed by atoms with E-state index in [0.29, 0.717) is 19.3 Å². The number of benzene rings is 1. The Morgan fingerprint density at radius 1 is 1.21 bits per heavy atom. The van der Waals surface area contributed by atoms with Crippen LogP contribution < -0.4 is 10.6 Å². The lowest BCUT2D eigenvalue weighted by Gasteiger charge is -2.25. The first kappa shape index (κ1) is 20.4. The third-order valence-corrected chi connectivity index (χ3v) is 5.04. The van der Waals surface area contributed by atoms with Gasteiger partial charge in [0.15, 0.2) is 5.96 Å². The van der Waals surface area contributed by atoms with Gasteiger partial charge in [0.2, 0.25) is 0 Å². The summed E-state index contributed by atoms with van der Waals surface area (Å²) in [5, 5.41) is 6.85. The van der Waals surface area contributed by atoms with E-state index in [4.69, 9.17) is 9.15 Å². The highest BCUT2D eigenvalue weighted by atomic mass is 16.5. The van der Waals surface area contributed by atoms with Gasteiger partial charge in [-0.2, -0.15) is 0 Å². The number of rotatable bonds is 10. The van der Waals surface area contributed by atoms with E-state index in [0.717, 1.165) is 37.8 Å². The normalized spacial score (nSPS) is 17.8. The van der Waals surface area contributed by atoms with Crippen LogP contribution in [-0.4, -0.2) is 50.2 Å². The van der Waals surface area contributed by atoms with Crippen LogP contribution in [0.25, 0.3) is 0 Å². The standard InChI is InChI=1S/C22H32N4O2/c1-23-22(24-12-7-14-27-18-21-11-6-15-28-21)25-16-20-10-5-13-26(20)17-19-8-3-2-4-9-19/h2-4,6,8-9,11,15,20H,5,7,10,12-14,16-18H2,1H3,(H2,23,24,25). The van der Waals surface area contributed by atoms with E-state index in [1.165, 1.54) is 24.9 Å². The number of ether oxygens (including phenoxy) is 1. The minimum atomic E-state index is 0.527. The summed E-state index contributed by atoms with van der Waals surface area (Å²) in [4.78, 5) is 6.90. The highest BCUT2D eigenvalue weighted by Crippen LogP contribution is 2.19. The van der Waals surface area contributed by atoms with Crippen molar-refractivity contribution in [1.29, 1.82) is 0 Å². The molecule has 2 N–H and O–H groups in total. The maximum Gasteiger partial charge on any atom is 0.191 e. The minimum Gasteiger partial charge on any atom is -0.467 e. The molecule has 0 aliphatic carbocycles. The van der Waals surface area contributed by atoms with E-state index in [9.17, 15) is 0 Å². The van der Waals surface area contributed by atoms with Crippen molar-refractivity contribution < 1.29 is 9.15 Å². The first-order valence-electron chi connectivity index (χ1n) is 10.2. The molecule has 6 nitrogen and oxygen atoms in total. The fourth-order valence-corrected chi connectivity index (χ4v) is 3.54. The van der Waals surface area contributed by atoms with Gasteiger partial charge < -0.3 is 19.8 Å². The zero-order valence-corrected chi connectivity index (χ0v) is 16.8. The van der Waals surface area contributed by atoms with E-state index in [1.54, 1.807) is 6.26 Å². The van der Waals surface area contributed by atoms with Crippen LogP contribution in [0.15, 0.2) is 58.1 Å². The molecule has 0 amide bonds. The summed E-state index contributed by atoms with van der Waals surface area (Å²) in [6.07, 6.45) is 5.09. The number of aliphatic imine (C=N–C) groups is 1. The third-order valence-electron chi connectivity index (χ3n) is 5.04. The van der Waals surface area contributed by atoms with Crippen molar-refractivity contribution in [2.24, 2.45) is 4.99 Å². The summed E-state index contributed by atoms with van der Waals surface area (Å²) < 4.78 is 10.9. The van der Waals surface area contributed by atoms with Crippen LogP contribution in [0.5, 0.6) is 0 Å². The van der Waals surface area contributed by atoms with Gasteiger partial charge in [-0.05, 0) is 43.5 Å². The van der Waals surface area contributed by atoms with Crippen LogP contribution in [0.4, 0.5) is 0 Å². The Hall–Kier alpha value is -2.31. The fraction of sp³-hybridized carbons (Fsp3) is 0.500. The molecule has 0 bridgehead atoms. The lowest BCUT2D eigenvalue weighted by Crippen LogP contribution is -2.45. The van der Waals surface area contributed by atoms with Crippen LogP contribution in [-0.2, 0) is 17.9 Å². The van der Waals surface area contributed by atoms with Crippen molar-refractivity contribution in [3.8, 4) is 0 Å². The van der Waals surface area contributed by atoms with Crippen molar-refractivity contribution in [3.05, 3.63) is 60.1 Å². The van der Waals surface area contributed by atoms with Crippen molar-refractivity contribution in [3.63, 3.8) is 0 Å². The van der Waals surface area contributed by atoms with Gasteiger partial charge in [0.05, 0.1) is 6.26 Å². The molecule has 1 saturated heterocycles. The summed E-state index contributed by atoms with van der Waals surface area (Å²) in [6, 6.07) is 15.1. The molecule has 2 aromatic rings. The molecule has 0 radical (unpaired) electrons. The van der Waals surface area contributed by atoms with E-state index in [1.807, 2.05) is 19.2 Å². The molecular formula is C22H32N4O2. The van der Waals surface area contributed by atoms with E-state index in [2.05, 4.69) is 50.9 Å². The Morgan fingerprint density at radius 2 is 2.11 bits per heavy atom. The number of nitrogens with one attached hydrogen (secondary N) is 2. The predicted octanol–water partition coefficient (Wildman–Crippen LogP) is 3.02. The molecular weight excluding hydrogens is 352 g/mol. The fourth-order valence-electron chi connectivity index (χ4n) is 3.54. The number of hydrogen-bond donors (Lipinski definition) is 2. The summed E-state index contributed by atoms with van der Waals surface area (Å²) in [5.41, 5.74) is 1.38. The topological polar surface area (TPSA) is 62.0 Å². The Labute approximate surface area is 168 Å². The van der Waals surface area contributed by atoms with Crippen molar-refractivity contribution in [1.82, 2.24) is 15.5 Å². The molecule has 0 spiro atoms. The van der Waals surface area contributed by atoms with Gasteiger partial charge in [0, 0.05) is 39.3 Å². The second-order valence-electron chi connectivity index (χ2n) is 7.12. The zero-order valence-electron chi connectivity index (χ0n) is 16.8. The molecule has 1 aromatic carbocycles. The molecule has 1 aromatic heterocycles. The molecule has 28 heavy (non-hydrogen) atoms. The van der Waals surface area contributed by atoms with E-state index < -0.39 is 0 Å². The maximum absolute atomic E-state index is 5.60. The Morgan fingerprint density at radius 3 is 2.89 bits per heavy atom. The summed E-state index contributed by atoms with van der Waals surface area (Å²) in [7, 11) is 1.82. The number of hydrogen-bond acceptors (Lipinski definition) is 4. The smallest absolute Gasteiger partial charge is 0.191 e. The van der Waals surface area contributed by atoms with Gasteiger partial charge in [-0.1, -0.05) is 30.3 Å². The van der Waals surface area contributed by atoms with E-state index in [-0.39, 0.29) is 0 Å². The number of guanidine groups is 1. The highest BCUT2D eigenvalue weighted by Gasteiger charge is 2.24. The molecule has 2 heterocycles. The zero-order chi connectivity index (χ0) is 19.4. The average Bonchev–Trinajstić information content (AvgIpc) is 3.40. The first-order valence-corrected chi connectivity index (χ1v) is 10.2. The molecule has 0 saturated carbocycles. The lowest BCUT2D eigenvalue weighted by atomic mass is 10.2. The van der Waals surface area contributed by atoms with Crippen LogP contribution >= 0.6 is 0 Å². The number of likely N-dealkylation sites (tertiary alicyclic amines) is 1. The maximum atomic E-state index is 5.60. The monoisotopic (exact) mass is 384 g/mol. The number of furan rings is 1. The molecule has 1 atom stereocenters. The second-order valence-corrected chi connectivity index (χ2v) is 7.12. The quantitative estimate of drug-likeness (QED) is 0.375. The molecule has 3 rings (SSSR count). The van der Waals surface area contributed by atoms with Gasteiger partial charge in [0.25, 0.3) is 0 Å². The van der Waals surface area contributed by atoms with Gasteiger partial charge in [0.1, 0.15) is 12.4 Å². The van der Waals surface area contributed by atoms with Crippen LogP contribution in [0.2, 0.25) is 0 Å². The predicted molar refractivity (Wildman–Crippen MR) is 112 cm³/mol. The minimum absolute atomic E-state index is 0.527. The van der Waals surface area contributed by atoms with Crippen molar-refractivity contribution >= 4 is 5.96 Å². The molecule has 1 unspecified atom stereocenters. The Bertz CT molecular complexity index is 688. The molecule has 152 valence electrons. The largest absolute Gasteiger partial charge is 0.467 e. The highest BCUT2D eigenvalue weighted by molar-refractivity contribution is 5.79. The molecule has 1 aliphatic heterocycles. The number of nitrogens with zero attached hydrogens (tertiary/aromatic N) is 2. The average molecular weight is 385 g/mol. The SMILES string of the molecule is CN=C(NCCCOCc1ccco1)NCC1CCCN1Cc1ccccc1. The van der Waals surface area contributed by atoms with Gasteiger partial charge in [-0.3, -0.25) is 9.89 Å². The Kier molecular flexibility index (Phi) is 8.40.